The van der Waals surface area contributed by atoms with Gasteiger partial charge in [-0.15, -0.1) is 0 Å². The molecule has 0 saturated heterocycles. The molecule has 0 aliphatic carbocycles. The molecule has 1 aliphatic rings. The van der Waals surface area contributed by atoms with Crippen molar-refractivity contribution >= 4 is 23.5 Å². The molecule has 0 bridgehead atoms. The van der Waals surface area contributed by atoms with Crippen LogP contribution in [0.4, 0.5) is 5.69 Å². The van der Waals surface area contributed by atoms with Crippen LogP contribution in [-0.4, -0.2) is 51.9 Å². The third-order valence-corrected chi connectivity index (χ3v) is 6.24. The van der Waals surface area contributed by atoms with Gasteiger partial charge in [0.05, 0.1) is 6.42 Å². The molecule has 1 unspecified atom stereocenters. The molecule has 2 heterocycles. The minimum atomic E-state index is -1.06. The van der Waals surface area contributed by atoms with E-state index < -0.39 is 12.0 Å². The van der Waals surface area contributed by atoms with E-state index in [9.17, 15) is 19.5 Å². The summed E-state index contributed by atoms with van der Waals surface area (Å²) in [5.41, 5.74) is 4.19. The van der Waals surface area contributed by atoms with E-state index in [1.165, 1.54) is 5.56 Å². The number of nitrogens with one attached hydrogen (secondary N) is 2. The number of carbonyl (C=O) groups is 3. The summed E-state index contributed by atoms with van der Waals surface area (Å²) in [6, 6.07) is 18.2. The summed E-state index contributed by atoms with van der Waals surface area (Å²) in [6.45, 7) is 1.34. The summed E-state index contributed by atoms with van der Waals surface area (Å²) in [6.07, 6.45) is 5.47. The first-order chi connectivity index (χ1) is 17.5. The summed E-state index contributed by atoms with van der Waals surface area (Å²) in [5, 5.41) is 15.4. The minimum absolute atomic E-state index is 0.208. The molecule has 8 heteroatoms. The Morgan fingerprint density at radius 1 is 1.03 bits per heavy atom. The fourth-order valence-electron chi connectivity index (χ4n) is 4.30. The minimum Gasteiger partial charge on any atom is -0.481 e. The second-order valence-electron chi connectivity index (χ2n) is 8.88. The number of aryl methyl sites for hydroxylation is 1. The molecule has 3 aromatic rings. The lowest BCUT2D eigenvalue weighted by Crippen LogP contribution is -2.42. The summed E-state index contributed by atoms with van der Waals surface area (Å²) in [5.74, 6) is -1.53. The zero-order valence-electron chi connectivity index (χ0n) is 20.0. The highest BCUT2D eigenvalue weighted by atomic mass is 16.4. The molecular weight excluding hydrogens is 456 g/mol. The molecule has 0 fully saturated rings. The van der Waals surface area contributed by atoms with E-state index >= 15 is 0 Å². The Morgan fingerprint density at radius 3 is 2.53 bits per heavy atom. The number of pyridine rings is 1. The standard InChI is InChI=1S/C28H30N4O4/c33-26(34)18-25-28(36)32(16-12-20-5-2-1-3-6-20)19-23-9-8-22(17-24(23)31-25)27(35)30-13-4-7-21-10-14-29-15-11-21/h1-3,5-6,8-11,14-15,17,25,31H,4,7,12-13,16,18-19H2,(H,30,35)(H,33,34). The van der Waals surface area contributed by atoms with Crippen LogP contribution in [0.3, 0.4) is 0 Å². The number of aromatic nitrogens is 1. The number of hydrogen-bond acceptors (Lipinski definition) is 5. The van der Waals surface area contributed by atoms with Crippen LogP contribution >= 0.6 is 0 Å². The molecule has 186 valence electrons. The number of aliphatic carboxylic acids is 1. The smallest absolute Gasteiger partial charge is 0.305 e. The molecule has 1 aliphatic heterocycles. The van der Waals surface area contributed by atoms with Gasteiger partial charge in [-0.2, -0.15) is 0 Å². The van der Waals surface area contributed by atoms with Crippen molar-refractivity contribution in [3.05, 3.63) is 95.3 Å². The van der Waals surface area contributed by atoms with E-state index in [-0.39, 0.29) is 18.2 Å². The molecule has 0 saturated carbocycles. The van der Waals surface area contributed by atoms with Gasteiger partial charge < -0.3 is 20.6 Å². The van der Waals surface area contributed by atoms with Gasteiger partial charge in [0.15, 0.2) is 0 Å². The Bertz CT molecular complexity index is 1200. The van der Waals surface area contributed by atoms with Gasteiger partial charge in [-0.25, -0.2) is 0 Å². The molecule has 8 nitrogen and oxygen atoms in total. The third-order valence-electron chi connectivity index (χ3n) is 6.24. The average molecular weight is 487 g/mol. The molecule has 1 atom stereocenters. The first kappa shape index (κ1) is 24.9. The Hall–Kier alpha value is -4.20. The number of carboxylic acids is 1. The summed E-state index contributed by atoms with van der Waals surface area (Å²) < 4.78 is 0. The topological polar surface area (TPSA) is 112 Å². The predicted molar refractivity (Wildman–Crippen MR) is 137 cm³/mol. The van der Waals surface area contributed by atoms with Gasteiger partial charge in [-0.1, -0.05) is 36.4 Å². The number of fused-ring (bicyclic) bond motifs is 1. The maximum atomic E-state index is 13.2. The number of amides is 2. The van der Waals surface area contributed by atoms with Crippen molar-refractivity contribution < 1.29 is 19.5 Å². The zero-order chi connectivity index (χ0) is 25.3. The molecule has 2 aromatic carbocycles. The fraction of sp³-hybridized carbons (Fsp3) is 0.286. The van der Waals surface area contributed by atoms with E-state index in [0.29, 0.717) is 37.3 Å². The Kier molecular flexibility index (Phi) is 8.28. The zero-order valence-corrected chi connectivity index (χ0v) is 20.0. The lowest BCUT2D eigenvalue weighted by Gasteiger charge is -2.24. The van der Waals surface area contributed by atoms with E-state index in [0.717, 1.165) is 24.0 Å². The number of benzene rings is 2. The highest BCUT2D eigenvalue weighted by molar-refractivity contribution is 5.96. The van der Waals surface area contributed by atoms with E-state index in [4.69, 9.17) is 0 Å². The fourth-order valence-corrected chi connectivity index (χ4v) is 4.30. The van der Waals surface area contributed by atoms with Gasteiger partial charge in [0, 0.05) is 43.3 Å². The van der Waals surface area contributed by atoms with Crippen LogP contribution in [0.2, 0.25) is 0 Å². The molecule has 0 radical (unpaired) electrons. The van der Waals surface area contributed by atoms with Crippen LogP contribution in [0.15, 0.2) is 73.1 Å². The van der Waals surface area contributed by atoms with Crippen molar-refractivity contribution in [1.82, 2.24) is 15.2 Å². The molecule has 36 heavy (non-hydrogen) atoms. The molecule has 0 spiro atoms. The van der Waals surface area contributed by atoms with E-state index in [1.807, 2.05) is 48.5 Å². The largest absolute Gasteiger partial charge is 0.481 e. The first-order valence-electron chi connectivity index (χ1n) is 12.1. The summed E-state index contributed by atoms with van der Waals surface area (Å²) in [4.78, 5) is 43.1. The second kappa shape index (κ2) is 12.0. The predicted octanol–water partition coefficient (Wildman–Crippen LogP) is 3.28. The normalized spacial score (nSPS) is 14.9. The number of rotatable bonds is 10. The maximum Gasteiger partial charge on any atom is 0.305 e. The molecule has 1 aromatic heterocycles. The van der Waals surface area contributed by atoms with Crippen molar-refractivity contribution in [1.29, 1.82) is 0 Å². The van der Waals surface area contributed by atoms with Crippen molar-refractivity contribution in [2.75, 3.05) is 18.4 Å². The Labute approximate surface area is 210 Å². The lowest BCUT2D eigenvalue weighted by molar-refractivity contribution is -0.141. The van der Waals surface area contributed by atoms with Crippen LogP contribution in [0.25, 0.3) is 0 Å². The van der Waals surface area contributed by atoms with Crippen molar-refractivity contribution in [2.45, 2.75) is 38.3 Å². The highest BCUT2D eigenvalue weighted by Gasteiger charge is 2.31. The molecule has 2 amide bonds. The van der Waals surface area contributed by atoms with Gasteiger partial charge in [-0.3, -0.25) is 19.4 Å². The summed E-state index contributed by atoms with van der Waals surface area (Å²) >= 11 is 0. The SMILES string of the molecule is O=C(O)CC1Nc2cc(C(=O)NCCCc3ccncc3)ccc2CN(CCc2ccccc2)C1=O. The van der Waals surface area contributed by atoms with Gasteiger partial charge in [-0.05, 0) is 60.2 Å². The van der Waals surface area contributed by atoms with Crippen molar-refractivity contribution in [2.24, 2.45) is 0 Å². The van der Waals surface area contributed by atoms with E-state index in [2.05, 4.69) is 15.6 Å². The van der Waals surface area contributed by atoms with Gasteiger partial charge >= 0.3 is 5.97 Å². The number of nitrogens with zero attached hydrogens (tertiary/aromatic N) is 2. The van der Waals surface area contributed by atoms with Crippen molar-refractivity contribution in [3.63, 3.8) is 0 Å². The van der Waals surface area contributed by atoms with Gasteiger partial charge in [0.2, 0.25) is 5.91 Å². The first-order valence-corrected chi connectivity index (χ1v) is 12.1. The second-order valence-corrected chi connectivity index (χ2v) is 8.88. The van der Waals surface area contributed by atoms with Gasteiger partial charge in [0.25, 0.3) is 5.91 Å². The number of carbonyl (C=O) groups excluding carboxylic acids is 2. The van der Waals surface area contributed by atoms with Crippen LogP contribution in [0, 0.1) is 0 Å². The summed E-state index contributed by atoms with van der Waals surface area (Å²) in [7, 11) is 0. The Balaban J connectivity index is 1.43. The van der Waals surface area contributed by atoms with Crippen LogP contribution in [-0.2, 0) is 29.0 Å². The monoisotopic (exact) mass is 486 g/mol. The van der Waals surface area contributed by atoms with Crippen LogP contribution < -0.4 is 10.6 Å². The Morgan fingerprint density at radius 2 is 1.78 bits per heavy atom. The van der Waals surface area contributed by atoms with Crippen LogP contribution in [0.5, 0.6) is 0 Å². The number of hydrogen-bond donors (Lipinski definition) is 3. The average Bonchev–Trinajstić information content (AvgIpc) is 3.02. The molecule has 3 N–H and O–H groups in total. The quantitative estimate of drug-likeness (QED) is 0.379. The molecule has 4 rings (SSSR count). The van der Waals surface area contributed by atoms with E-state index in [1.54, 1.807) is 29.4 Å². The maximum absolute atomic E-state index is 13.2. The highest BCUT2D eigenvalue weighted by Crippen LogP contribution is 2.26. The van der Waals surface area contributed by atoms with Gasteiger partial charge in [0.1, 0.15) is 6.04 Å². The van der Waals surface area contributed by atoms with Crippen molar-refractivity contribution in [3.8, 4) is 0 Å². The third kappa shape index (κ3) is 6.69. The number of carboxylic acid groups (broad SMARTS) is 1. The lowest BCUT2D eigenvalue weighted by atomic mass is 10.1. The number of anilines is 1. The van der Waals surface area contributed by atoms with Crippen LogP contribution in [0.1, 0.15) is 39.9 Å². The molecular formula is C28H30N4O4.